The van der Waals surface area contributed by atoms with Crippen molar-refractivity contribution in [3.05, 3.63) is 94.8 Å². The number of pyridine rings is 1. The lowest BCUT2D eigenvalue weighted by Crippen LogP contribution is -2.35. The molecule has 4 aromatic rings. The fourth-order valence-electron chi connectivity index (χ4n) is 5.17. The van der Waals surface area contributed by atoms with Crippen molar-refractivity contribution >= 4 is 16.7 Å². The molecule has 3 nitrogen and oxygen atoms in total. The minimum absolute atomic E-state index is 0.564. The van der Waals surface area contributed by atoms with Gasteiger partial charge in [0, 0.05) is 42.8 Å². The summed E-state index contributed by atoms with van der Waals surface area (Å²) in [6.07, 6.45) is 4.44. The van der Waals surface area contributed by atoms with E-state index in [1.807, 2.05) is 6.20 Å². The maximum absolute atomic E-state index is 4.94. The second-order valence-electron chi connectivity index (χ2n) is 9.01. The number of benzene rings is 2. The molecule has 2 aromatic carbocycles. The van der Waals surface area contributed by atoms with Crippen LogP contribution in [0.1, 0.15) is 46.7 Å². The lowest BCUT2D eigenvalue weighted by molar-refractivity contribution is 0.507. The maximum atomic E-state index is 4.94. The lowest BCUT2D eigenvalue weighted by atomic mass is 9.90. The summed E-state index contributed by atoms with van der Waals surface area (Å²) in [5.74, 6) is 1.70. The van der Waals surface area contributed by atoms with Crippen LogP contribution in [0.25, 0.3) is 10.9 Å². The predicted molar refractivity (Wildman–Crippen MR) is 130 cm³/mol. The first kappa shape index (κ1) is 19.9. The van der Waals surface area contributed by atoms with E-state index in [4.69, 9.17) is 4.98 Å². The van der Waals surface area contributed by atoms with Gasteiger partial charge in [0.05, 0.1) is 5.52 Å². The quantitative estimate of drug-likeness (QED) is 0.389. The zero-order valence-corrected chi connectivity index (χ0v) is 18.8. The summed E-state index contributed by atoms with van der Waals surface area (Å²) in [7, 11) is 0. The number of aryl methyl sites for hydroxylation is 2. The summed E-state index contributed by atoms with van der Waals surface area (Å²) in [6, 6.07) is 22.0. The Kier molecular flexibility index (Phi) is 5.27. The molecular weight excluding hydrogens is 378 g/mol. The van der Waals surface area contributed by atoms with Gasteiger partial charge in [-0.2, -0.15) is 0 Å². The van der Waals surface area contributed by atoms with E-state index in [1.165, 1.54) is 51.7 Å². The number of fused-ring (bicyclic) bond motifs is 1. The fraction of sp³-hybridized carbons (Fsp3) is 0.321. The number of anilines is 1. The van der Waals surface area contributed by atoms with Crippen LogP contribution in [-0.4, -0.2) is 22.6 Å². The van der Waals surface area contributed by atoms with E-state index in [-0.39, 0.29) is 0 Å². The van der Waals surface area contributed by atoms with Crippen molar-refractivity contribution in [3.63, 3.8) is 0 Å². The van der Waals surface area contributed by atoms with Gasteiger partial charge in [-0.05, 0) is 56.4 Å². The van der Waals surface area contributed by atoms with Crippen molar-refractivity contribution in [2.24, 2.45) is 0 Å². The molecule has 2 aromatic heterocycles. The molecule has 0 bridgehead atoms. The Morgan fingerprint density at radius 2 is 1.81 bits per heavy atom. The molecule has 0 N–H and O–H groups in total. The van der Waals surface area contributed by atoms with Crippen LogP contribution in [0.5, 0.6) is 0 Å². The van der Waals surface area contributed by atoms with Crippen molar-refractivity contribution in [3.8, 4) is 0 Å². The summed E-state index contributed by atoms with van der Waals surface area (Å²) >= 11 is 0. The van der Waals surface area contributed by atoms with Crippen molar-refractivity contribution in [2.75, 3.05) is 18.0 Å². The van der Waals surface area contributed by atoms with Crippen LogP contribution in [-0.2, 0) is 6.54 Å². The average molecular weight is 410 g/mol. The van der Waals surface area contributed by atoms with Gasteiger partial charge in [0.2, 0.25) is 0 Å². The van der Waals surface area contributed by atoms with Crippen LogP contribution in [0.15, 0.2) is 66.9 Å². The van der Waals surface area contributed by atoms with Crippen molar-refractivity contribution in [1.29, 1.82) is 0 Å². The van der Waals surface area contributed by atoms with Gasteiger partial charge in [0.1, 0.15) is 0 Å². The highest BCUT2D eigenvalue weighted by Gasteiger charge is 2.25. The predicted octanol–water partition coefficient (Wildman–Crippen LogP) is 6.39. The molecule has 0 amide bonds. The van der Waals surface area contributed by atoms with E-state index in [1.54, 1.807) is 0 Å². The highest BCUT2D eigenvalue weighted by Crippen LogP contribution is 2.35. The largest absolute Gasteiger partial charge is 0.354 e. The highest BCUT2D eigenvalue weighted by atomic mass is 15.2. The first-order valence-electron chi connectivity index (χ1n) is 11.4. The molecule has 1 fully saturated rings. The number of piperidine rings is 1. The van der Waals surface area contributed by atoms with Gasteiger partial charge >= 0.3 is 0 Å². The van der Waals surface area contributed by atoms with Crippen LogP contribution in [0, 0.1) is 20.8 Å². The normalized spacial score (nSPS) is 16.7. The first-order valence-corrected chi connectivity index (χ1v) is 11.4. The van der Waals surface area contributed by atoms with Crippen LogP contribution in [0.3, 0.4) is 0 Å². The topological polar surface area (TPSA) is 21.1 Å². The molecule has 1 saturated heterocycles. The van der Waals surface area contributed by atoms with Gasteiger partial charge in [-0.25, -0.2) is 4.98 Å². The third-order valence-electron chi connectivity index (χ3n) is 6.94. The van der Waals surface area contributed by atoms with Crippen molar-refractivity contribution in [2.45, 2.75) is 46.1 Å². The summed E-state index contributed by atoms with van der Waals surface area (Å²) in [5.41, 5.74) is 8.08. The Balaban J connectivity index is 1.57. The monoisotopic (exact) mass is 409 g/mol. The first-order chi connectivity index (χ1) is 15.1. The molecule has 3 heteroatoms. The van der Waals surface area contributed by atoms with E-state index in [2.05, 4.69) is 90.9 Å². The number of nitrogens with zero attached hydrogens (tertiary/aromatic N) is 3. The second kappa shape index (κ2) is 8.22. The Hall–Kier alpha value is -3.07. The lowest BCUT2D eigenvalue weighted by Gasteiger charge is -2.34. The fourth-order valence-corrected chi connectivity index (χ4v) is 5.17. The molecule has 0 radical (unpaired) electrons. The van der Waals surface area contributed by atoms with E-state index in [0.717, 1.165) is 25.5 Å². The summed E-state index contributed by atoms with van der Waals surface area (Å²) < 4.78 is 2.48. The van der Waals surface area contributed by atoms with E-state index in [0.29, 0.717) is 5.92 Å². The van der Waals surface area contributed by atoms with Crippen LogP contribution in [0.2, 0.25) is 0 Å². The van der Waals surface area contributed by atoms with Crippen LogP contribution >= 0.6 is 0 Å². The smallest absolute Gasteiger partial charge is 0.153 e. The SMILES string of the molecule is Cc1cccc(Cn2c(C)c(C)c3ccnc(N4CCCC(c5ccccc5)C4)c32)c1. The maximum Gasteiger partial charge on any atom is 0.153 e. The minimum Gasteiger partial charge on any atom is -0.354 e. The second-order valence-corrected chi connectivity index (χ2v) is 9.01. The minimum atomic E-state index is 0.564. The number of hydrogen-bond donors (Lipinski definition) is 0. The third kappa shape index (κ3) is 3.74. The number of aromatic nitrogens is 2. The van der Waals surface area contributed by atoms with Gasteiger partial charge in [0.25, 0.3) is 0 Å². The summed E-state index contributed by atoms with van der Waals surface area (Å²) in [5, 5.41) is 1.33. The van der Waals surface area contributed by atoms with Gasteiger partial charge in [-0.15, -0.1) is 0 Å². The molecule has 158 valence electrons. The van der Waals surface area contributed by atoms with Crippen molar-refractivity contribution < 1.29 is 0 Å². The van der Waals surface area contributed by atoms with Crippen LogP contribution < -0.4 is 4.90 Å². The molecule has 1 aliphatic rings. The van der Waals surface area contributed by atoms with Gasteiger partial charge in [0.15, 0.2) is 5.82 Å². The van der Waals surface area contributed by atoms with E-state index >= 15 is 0 Å². The molecule has 5 rings (SSSR count). The molecule has 0 aliphatic carbocycles. The Bertz CT molecular complexity index is 1210. The summed E-state index contributed by atoms with van der Waals surface area (Å²) in [4.78, 5) is 7.46. The zero-order chi connectivity index (χ0) is 21.4. The molecule has 0 spiro atoms. The van der Waals surface area contributed by atoms with Crippen molar-refractivity contribution in [1.82, 2.24) is 9.55 Å². The highest BCUT2D eigenvalue weighted by molar-refractivity contribution is 5.93. The molecule has 1 atom stereocenters. The number of hydrogen-bond acceptors (Lipinski definition) is 2. The molecule has 1 unspecified atom stereocenters. The van der Waals surface area contributed by atoms with Crippen LogP contribution in [0.4, 0.5) is 5.82 Å². The molecule has 3 heterocycles. The Morgan fingerprint density at radius 3 is 2.61 bits per heavy atom. The number of rotatable bonds is 4. The molecule has 31 heavy (non-hydrogen) atoms. The van der Waals surface area contributed by atoms with Gasteiger partial charge < -0.3 is 9.47 Å². The Labute approximate surface area is 185 Å². The molecular formula is C28H31N3. The van der Waals surface area contributed by atoms with E-state index in [9.17, 15) is 0 Å². The third-order valence-corrected chi connectivity index (χ3v) is 6.94. The van der Waals surface area contributed by atoms with Gasteiger partial charge in [-0.3, -0.25) is 0 Å². The average Bonchev–Trinajstić information content (AvgIpc) is 3.05. The van der Waals surface area contributed by atoms with E-state index < -0.39 is 0 Å². The standard InChI is InChI=1S/C28H31N3/c1-20-9-7-10-23(17-20)18-31-22(3)21(2)26-14-15-29-28(27(26)31)30-16-8-13-25(19-30)24-11-5-4-6-12-24/h4-7,9-12,14-15,17,25H,8,13,16,18-19H2,1-3H3. The van der Waals surface area contributed by atoms with Gasteiger partial charge in [-0.1, -0.05) is 60.2 Å². The molecule has 0 saturated carbocycles. The zero-order valence-electron chi connectivity index (χ0n) is 18.8. The summed E-state index contributed by atoms with van der Waals surface area (Å²) in [6.45, 7) is 9.65. The molecule has 1 aliphatic heterocycles. The Morgan fingerprint density at radius 1 is 0.968 bits per heavy atom.